The van der Waals surface area contributed by atoms with Gasteiger partial charge >= 0.3 is 0 Å². The van der Waals surface area contributed by atoms with Crippen LogP contribution >= 0.6 is 22.6 Å². The van der Waals surface area contributed by atoms with Crippen molar-refractivity contribution in [3.63, 3.8) is 0 Å². The van der Waals surface area contributed by atoms with E-state index in [2.05, 4.69) is 20.8 Å². The van der Waals surface area contributed by atoms with Gasteiger partial charge in [0.25, 0.3) is 0 Å². The molecule has 0 saturated heterocycles. The zero-order chi connectivity index (χ0) is 12.6. The number of para-hydroxylation sites is 1. The first-order valence-corrected chi connectivity index (χ1v) is 6.43. The van der Waals surface area contributed by atoms with Crippen LogP contribution < -0.4 is 5.43 Å². The highest BCUT2D eigenvalue weighted by atomic mass is 127. The number of benzene rings is 2. The maximum Gasteiger partial charge on any atom is 0.230 e. The van der Waals surface area contributed by atoms with E-state index in [1.807, 2.05) is 83.3 Å². The summed E-state index contributed by atoms with van der Waals surface area (Å²) in [6.07, 6.45) is 0. The second-order valence-corrected chi connectivity index (χ2v) is 4.36. The maximum absolute atomic E-state index is 4.10. The fourth-order valence-electron chi connectivity index (χ4n) is 1.24. The van der Waals surface area contributed by atoms with E-state index < -0.39 is 0 Å². The summed E-state index contributed by atoms with van der Waals surface area (Å²) in [5, 5.41) is 12.2. The lowest BCUT2D eigenvalue weighted by molar-refractivity contribution is 1.26. The number of halogens is 1. The fourth-order valence-corrected chi connectivity index (χ4v) is 1.47. The lowest BCUT2D eigenvalue weighted by Crippen LogP contribution is -1.90. The van der Waals surface area contributed by atoms with Gasteiger partial charge in [-0.05, 0) is 24.3 Å². The molecule has 0 aliphatic heterocycles. The van der Waals surface area contributed by atoms with Crippen LogP contribution in [0.25, 0.3) is 0 Å². The smallest absolute Gasteiger partial charge is 0.230 e. The number of rotatable bonds is 3. The molecule has 4 nitrogen and oxygen atoms in total. The van der Waals surface area contributed by atoms with Crippen LogP contribution in [0.3, 0.4) is 0 Å². The second kappa shape index (κ2) is 6.85. The molecule has 0 fully saturated rings. The zero-order valence-corrected chi connectivity index (χ0v) is 11.7. The Hall–Kier alpha value is -1.76. The minimum Gasteiger partial charge on any atom is -0.276 e. The molecule has 0 heterocycles. The normalized spacial score (nSPS) is 11.7. The molecule has 5 heteroatoms. The average molecular weight is 350 g/mol. The van der Waals surface area contributed by atoms with E-state index in [-0.39, 0.29) is 0 Å². The highest BCUT2D eigenvalue weighted by molar-refractivity contribution is 14.1. The van der Waals surface area contributed by atoms with Crippen molar-refractivity contribution in [1.29, 1.82) is 0 Å². The predicted molar refractivity (Wildman–Crippen MR) is 82.5 cm³/mol. The van der Waals surface area contributed by atoms with Crippen molar-refractivity contribution in [2.45, 2.75) is 0 Å². The number of hydrogen-bond acceptors (Lipinski definition) is 3. The van der Waals surface area contributed by atoms with Crippen molar-refractivity contribution in [3.8, 4) is 0 Å². The third kappa shape index (κ3) is 4.25. The van der Waals surface area contributed by atoms with E-state index in [9.17, 15) is 0 Å². The average Bonchev–Trinajstić information content (AvgIpc) is 2.45. The highest BCUT2D eigenvalue weighted by Gasteiger charge is 1.91. The molecule has 2 aromatic rings. The summed E-state index contributed by atoms with van der Waals surface area (Å²) in [4.78, 5) is 0. The van der Waals surface area contributed by atoms with Gasteiger partial charge in [-0.1, -0.05) is 36.4 Å². The number of hydrogen-bond donors (Lipinski definition) is 1. The summed E-state index contributed by atoms with van der Waals surface area (Å²) in [7, 11) is 0. The Labute approximate surface area is 119 Å². The Morgan fingerprint density at radius 3 is 2.17 bits per heavy atom. The summed E-state index contributed by atoms with van der Waals surface area (Å²) >= 11 is 2.02. The van der Waals surface area contributed by atoms with Crippen LogP contribution in [0.4, 0.5) is 11.4 Å². The molecule has 18 heavy (non-hydrogen) atoms. The van der Waals surface area contributed by atoms with E-state index >= 15 is 0 Å². The molecule has 0 aromatic heterocycles. The quantitative estimate of drug-likeness (QED) is 0.216. The van der Waals surface area contributed by atoms with Crippen LogP contribution in [-0.4, -0.2) is 3.84 Å². The fraction of sp³-hybridized carbons (Fsp3) is 0. The molecular formula is C13H11IN4. The SMILES string of the molecule is IC(N=Nc1ccccc1)=NNc1ccccc1. The molecule has 2 rings (SSSR count). The highest BCUT2D eigenvalue weighted by Crippen LogP contribution is 2.11. The summed E-state index contributed by atoms with van der Waals surface area (Å²) in [5.74, 6) is 0. The number of hydrazone groups is 1. The molecule has 90 valence electrons. The van der Waals surface area contributed by atoms with Gasteiger partial charge in [0.1, 0.15) is 0 Å². The second-order valence-electron chi connectivity index (χ2n) is 3.39. The van der Waals surface area contributed by atoms with E-state index in [0.717, 1.165) is 11.4 Å². The molecule has 0 aliphatic rings. The molecule has 2 aromatic carbocycles. The van der Waals surface area contributed by atoms with Crippen LogP contribution in [0.1, 0.15) is 0 Å². The lowest BCUT2D eigenvalue weighted by atomic mass is 10.3. The van der Waals surface area contributed by atoms with E-state index in [1.165, 1.54) is 0 Å². The molecule has 0 spiro atoms. The van der Waals surface area contributed by atoms with Gasteiger partial charge in [0, 0.05) is 22.6 Å². The Morgan fingerprint density at radius 1 is 0.889 bits per heavy atom. The van der Waals surface area contributed by atoms with Crippen LogP contribution in [-0.2, 0) is 0 Å². The van der Waals surface area contributed by atoms with Crippen molar-refractivity contribution in [1.82, 2.24) is 0 Å². The van der Waals surface area contributed by atoms with Crippen molar-refractivity contribution in [3.05, 3.63) is 60.7 Å². The third-order valence-electron chi connectivity index (χ3n) is 2.06. The number of nitrogens with zero attached hydrogens (tertiary/aromatic N) is 3. The molecule has 0 saturated carbocycles. The molecule has 0 amide bonds. The van der Waals surface area contributed by atoms with Gasteiger partial charge in [0.15, 0.2) is 0 Å². The van der Waals surface area contributed by atoms with E-state index in [0.29, 0.717) is 3.84 Å². The molecule has 0 aliphatic carbocycles. The van der Waals surface area contributed by atoms with Gasteiger partial charge in [-0.25, -0.2) is 0 Å². The Kier molecular flexibility index (Phi) is 4.83. The van der Waals surface area contributed by atoms with Gasteiger partial charge in [-0.3, -0.25) is 5.43 Å². The van der Waals surface area contributed by atoms with Crippen molar-refractivity contribution >= 4 is 37.8 Å². The molecular weight excluding hydrogens is 339 g/mol. The Bertz CT molecular complexity index is 537. The zero-order valence-electron chi connectivity index (χ0n) is 9.49. The third-order valence-corrected chi connectivity index (χ3v) is 2.51. The van der Waals surface area contributed by atoms with Gasteiger partial charge < -0.3 is 0 Å². The first-order valence-electron chi connectivity index (χ1n) is 5.35. The predicted octanol–water partition coefficient (Wildman–Crippen LogP) is 4.59. The standard InChI is InChI=1S/C13H11IN4/c14-13(17-15-11-7-3-1-4-8-11)18-16-12-9-5-2-6-10-12/h1-10,15H. The Balaban J connectivity index is 1.96. The summed E-state index contributed by atoms with van der Waals surface area (Å²) in [5.41, 5.74) is 4.63. The van der Waals surface area contributed by atoms with E-state index in [1.54, 1.807) is 0 Å². The summed E-state index contributed by atoms with van der Waals surface area (Å²) < 4.78 is 0.542. The van der Waals surface area contributed by atoms with Crippen LogP contribution in [0, 0.1) is 0 Å². The largest absolute Gasteiger partial charge is 0.276 e. The van der Waals surface area contributed by atoms with Gasteiger partial charge in [-0.15, -0.1) is 15.3 Å². The van der Waals surface area contributed by atoms with Gasteiger partial charge in [0.05, 0.1) is 11.4 Å². The monoisotopic (exact) mass is 350 g/mol. The molecule has 0 unspecified atom stereocenters. The number of nitrogens with one attached hydrogen (secondary N) is 1. The minimum absolute atomic E-state index is 0.542. The van der Waals surface area contributed by atoms with Crippen molar-refractivity contribution < 1.29 is 0 Å². The number of anilines is 1. The van der Waals surface area contributed by atoms with Crippen molar-refractivity contribution in [2.75, 3.05) is 5.43 Å². The summed E-state index contributed by atoms with van der Waals surface area (Å²) in [6.45, 7) is 0. The van der Waals surface area contributed by atoms with Gasteiger partial charge in [0.2, 0.25) is 3.84 Å². The van der Waals surface area contributed by atoms with E-state index in [4.69, 9.17) is 0 Å². The molecule has 1 N–H and O–H groups in total. The first-order chi connectivity index (χ1) is 8.84. The van der Waals surface area contributed by atoms with Crippen molar-refractivity contribution in [2.24, 2.45) is 15.3 Å². The molecule has 0 bridgehead atoms. The first kappa shape index (κ1) is 12.7. The van der Waals surface area contributed by atoms with Crippen LogP contribution in [0.2, 0.25) is 0 Å². The topological polar surface area (TPSA) is 49.1 Å². The van der Waals surface area contributed by atoms with Gasteiger partial charge in [-0.2, -0.15) is 0 Å². The lowest BCUT2D eigenvalue weighted by Gasteiger charge is -1.98. The Morgan fingerprint density at radius 2 is 1.50 bits per heavy atom. The summed E-state index contributed by atoms with van der Waals surface area (Å²) in [6, 6.07) is 19.2. The maximum atomic E-state index is 4.10. The molecule has 0 radical (unpaired) electrons. The van der Waals surface area contributed by atoms with Crippen LogP contribution in [0.5, 0.6) is 0 Å². The molecule has 0 atom stereocenters. The minimum atomic E-state index is 0.542. The van der Waals surface area contributed by atoms with Crippen LogP contribution in [0.15, 0.2) is 76.0 Å². The number of amidine groups is 1. The number of azo groups is 1.